The van der Waals surface area contributed by atoms with Crippen LogP contribution in [0.1, 0.15) is 15.9 Å². The maximum Gasteiger partial charge on any atom is 0.339 e. The quantitative estimate of drug-likeness (QED) is 0.744. The minimum atomic E-state index is -0.991. The topological polar surface area (TPSA) is 55.8 Å². The third kappa shape index (κ3) is 2.23. The summed E-state index contributed by atoms with van der Waals surface area (Å²) in [6, 6.07) is 5.07. The monoisotopic (exact) mass is 196 g/mol. The van der Waals surface area contributed by atoms with Gasteiger partial charge < -0.3 is 14.6 Å². The summed E-state index contributed by atoms with van der Waals surface area (Å²) in [5, 5.41) is 8.93. The molecule has 0 saturated heterocycles. The molecule has 4 nitrogen and oxygen atoms in total. The highest BCUT2D eigenvalue weighted by Gasteiger charge is 2.13. The summed E-state index contributed by atoms with van der Waals surface area (Å²) in [5.41, 5.74) is 0.857. The molecule has 1 N–H and O–H groups in total. The van der Waals surface area contributed by atoms with E-state index in [-0.39, 0.29) is 12.4 Å². The van der Waals surface area contributed by atoms with Crippen molar-refractivity contribution in [3.63, 3.8) is 0 Å². The van der Waals surface area contributed by atoms with Crippen molar-refractivity contribution in [1.82, 2.24) is 0 Å². The molecular weight excluding hydrogens is 184 g/mol. The number of aryl methyl sites for hydroxylation is 1. The second kappa shape index (κ2) is 4.62. The molecule has 0 heterocycles. The number of hydrogen-bond donors (Lipinski definition) is 1. The zero-order chi connectivity index (χ0) is 10.6. The highest BCUT2D eigenvalue weighted by atomic mass is 16.7. The molecule has 4 heteroatoms. The lowest BCUT2D eigenvalue weighted by molar-refractivity contribution is 0.0483. The number of carboxylic acids is 1. The fourth-order valence-corrected chi connectivity index (χ4v) is 1.16. The van der Waals surface area contributed by atoms with Gasteiger partial charge in [0.2, 0.25) is 0 Å². The van der Waals surface area contributed by atoms with Crippen molar-refractivity contribution in [3.8, 4) is 5.75 Å². The van der Waals surface area contributed by atoms with E-state index in [1.807, 2.05) is 0 Å². The first kappa shape index (κ1) is 10.5. The Hall–Kier alpha value is -1.55. The Morgan fingerprint density at radius 2 is 2.21 bits per heavy atom. The van der Waals surface area contributed by atoms with Crippen molar-refractivity contribution in [3.05, 3.63) is 29.3 Å². The average molecular weight is 196 g/mol. The Balaban J connectivity index is 3.02. The highest BCUT2D eigenvalue weighted by Crippen LogP contribution is 2.21. The number of hydrogen-bond acceptors (Lipinski definition) is 3. The number of carboxylic acid groups (broad SMARTS) is 1. The van der Waals surface area contributed by atoms with Crippen LogP contribution in [0.3, 0.4) is 0 Å². The Labute approximate surface area is 82.1 Å². The van der Waals surface area contributed by atoms with E-state index < -0.39 is 5.97 Å². The highest BCUT2D eigenvalue weighted by molar-refractivity contribution is 5.92. The maximum atomic E-state index is 10.9. The van der Waals surface area contributed by atoms with Crippen molar-refractivity contribution >= 4 is 5.97 Å². The van der Waals surface area contributed by atoms with E-state index in [1.54, 1.807) is 25.1 Å². The van der Waals surface area contributed by atoms with Crippen LogP contribution in [-0.4, -0.2) is 25.0 Å². The summed E-state index contributed by atoms with van der Waals surface area (Å²) in [5.74, 6) is -0.659. The molecule has 0 aliphatic carbocycles. The van der Waals surface area contributed by atoms with E-state index >= 15 is 0 Å². The molecule has 0 spiro atoms. The lowest BCUT2D eigenvalue weighted by Crippen LogP contribution is -2.07. The third-order valence-corrected chi connectivity index (χ3v) is 1.78. The lowest BCUT2D eigenvalue weighted by Gasteiger charge is -2.09. The fraction of sp³-hybridized carbons (Fsp3) is 0.300. The van der Waals surface area contributed by atoms with Crippen molar-refractivity contribution in [2.75, 3.05) is 13.9 Å². The van der Waals surface area contributed by atoms with Crippen LogP contribution in [0, 0.1) is 6.92 Å². The fourth-order valence-electron chi connectivity index (χ4n) is 1.16. The number of benzene rings is 1. The van der Waals surface area contributed by atoms with E-state index in [0.717, 1.165) is 0 Å². The standard InChI is InChI=1S/C10H12O4/c1-7-4-3-5-8(14-6-13-2)9(7)10(11)12/h3-5H,6H2,1-2H3,(H,11,12). The van der Waals surface area contributed by atoms with Gasteiger partial charge in [0.1, 0.15) is 11.3 Å². The Morgan fingerprint density at radius 1 is 1.50 bits per heavy atom. The normalized spacial score (nSPS) is 9.86. The molecule has 76 valence electrons. The lowest BCUT2D eigenvalue weighted by atomic mass is 10.1. The molecule has 0 aliphatic heterocycles. The Morgan fingerprint density at radius 3 is 2.79 bits per heavy atom. The van der Waals surface area contributed by atoms with Gasteiger partial charge in [0.05, 0.1) is 0 Å². The first-order chi connectivity index (χ1) is 6.66. The summed E-state index contributed by atoms with van der Waals surface area (Å²) < 4.78 is 9.83. The Kier molecular flexibility index (Phi) is 3.48. The van der Waals surface area contributed by atoms with Crippen molar-refractivity contribution in [2.45, 2.75) is 6.92 Å². The molecule has 0 atom stereocenters. The van der Waals surface area contributed by atoms with Crippen molar-refractivity contribution in [1.29, 1.82) is 0 Å². The molecule has 0 fully saturated rings. The first-order valence-electron chi connectivity index (χ1n) is 4.11. The smallest absolute Gasteiger partial charge is 0.339 e. The average Bonchev–Trinajstić information content (AvgIpc) is 2.14. The van der Waals surface area contributed by atoms with Crippen molar-refractivity contribution < 1.29 is 19.4 Å². The number of carbonyl (C=O) groups is 1. The zero-order valence-electron chi connectivity index (χ0n) is 8.11. The van der Waals surface area contributed by atoms with Crippen LogP contribution in [0.15, 0.2) is 18.2 Å². The predicted molar refractivity (Wildman–Crippen MR) is 50.6 cm³/mol. The van der Waals surface area contributed by atoms with Gasteiger partial charge in [0.15, 0.2) is 6.79 Å². The summed E-state index contributed by atoms with van der Waals surface area (Å²) in [7, 11) is 1.48. The van der Waals surface area contributed by atoms with E-state index in [4.69, 9.17) is 14.6 Å². The number of ether oxygens (including phenoxy) is 2. The largest absolute Gasteiger partial charge is 0.478 e. The van der Waals surface area contributed by atoms with E-state index in [2.05, 4.69) is 0 Å². The third-order valence-electron chi connectivity index (χ3n) is 1.78. The molecular formula is C10H12O4. The summed E-state index contributed by atoms with van der Waals surface area (Å²) in [4.78, 5) is 10.9. The minimum absolute atomic E-state index is 0.0454. The summed E-state index contributed by atoms with van der Waals surface area (Å²) in [6.07, 6.45) is 0. The van der Waals surface area contributed by atoms with Crippen LogP contribution in [0.5, 0.6) is 5.75 Å². The minimum Gasteiger partial charge on any atom is -0.478 e. The molecule has 1 aromatic rings. The molecule has 1 rings (SSSR count). The number of methoxy groups -OCH3 is 1. The maximum absolute atomic E-state index is 10.9. The van der Waals surface area contributed by atoms with Gasteiger partial charge in [-0.15, -0.1) is 0 Å². The van der Waals surface area contributed by atoms with Crippen LogP contribution >= 0.6 is 0 Å². The van der Waals surface area contributed by atoms with Crippen LogP contribution in [0.2, 0.25) is 0 Å². The Bertz CT molecular complexity index is 333. The second-order valence-electron chi connectivity index (χ2n) is 2.80. The molecule has 0 radical (unpaired) electrons. The van der Waals surface area contributed by atoms with Gasteiger partial charge in [-0.25, -0.2) is 4.79 Å². The summed E-state index contributed by atoms with van der Waals surface area (Å²) >= 11 is 0. The van der Waals surface area contributed by atoms with Gasteiger partial charge in [-0.3, -0.25) is 0 Å². The number of rotatable bonds is 4. The van der Waals surface area contributed by atoms with E-state index in [0.29, 0.717) is 11.3 Å². The van der Waals surface area contributed by atoms with Gasteiger partial charge in [0, 0.05) is 7.11 Å². The van der Waals surface area contributed by atoms with Gasteiger partial charge in [-0.2, -0.15) is 0 Å². The van der Waals surface area contributed by atoms with Gasteiger partial charge in [-0.05, 0) is 18.6 Å². The molecule has 1 aromatic carbocycles. The van der Waals surface area contributed by atoms with E-state index in [9.17, 15) is 4.79 Å². The van der Waals surface area contributed by atoms with Crippen LogP contribution in [-0.2, 0) is 4.74 Å². The number of aromatic carboxylic acids is 1. The SMILES string of the molecule is COCOc1cccc(C)c1C(=O)O. The van der Waals surface area contributed by atoms with Crippen LogP contribution < -0.4 is 4.74 Å². The molecule has 0 bridgehead atoms. The molecule has 0 aromatic heterocycles. The molecule has 0 unspecified atom stereocenters. The van der Waals surface area contributed by atoms with Gasteiger partial charge >= 0.3 is 5.97 Å². The van der Waals surface area contributed by atoms with E-state index in [1.165, 1.54) is 7.11 Å². The molecule has 0 aliphatic rings. The zero-order valence-corrected chi connectivity index (χ0v) is 8.11. The van der Waals surface area contributed by atoms with Crippen molar-refractivity contribution in [2.24, 2.45) is 0 Å². The predicted octanol–water partition coefficient (Wildman–Crippen LogP) is 1.68. The summed E-state index contributed by atoms with van der Waals surface area (Å²) in [6.45, 7) is 1.77. The molecule has 14 heavy (non-hydrogen) atoms. The van der Waals surface area contributed by atoms with Gasteiger partial charge in [-0.1, -0.05) is 12.1 Å². The molecule has 0 amide bonds. The first-order valence-corrected chi connectivity index (χ1v) is 4.11. The molecule has 0 saturated carbocycles. The van der Waals surface area contributed by atoms with Crippen LogP contribution in [0.4, 0.5) is 0 Å². The van der Waals surface area contributed by atoms with Gasteiger partial charge in [0.25, 0.3) is 0 Å². The van der Waals surface area contributed by atoms with Crippen LogP contribution in [0.25, 0.3) is 0 Å². The second-order valence-corrected chi connectivity index (χ2v) is 2.80.